The third kappa shape index (κ3) is 3.49. The van der Waals surface area contributed by atoms with Crippen molar-refractivity contribution in [3.05, 3.63) is 36.7 Å². The smallest absolute Gasteiger partial charge is 0.329 e. The number of amides is 1. The fraction of sp³-hybridized carbons (Fsp3) is 0.154. The number of carbonyl (C=O) groups is 2. The molecule has 1 amide bonds. The van der Waals surface area contributed by atoms with Crippen LogP contribution in [0.1, 0.15) is 0 Å². The molecule has 0 saturated heterocycles. The number of aromatic nitrogens is 1. The van der Waals surface area contributed by atoms with E-state index in [1.165, 1.54) is 0 Å². The molecule has 2 rings (SSSR count). The van der Waals surface area contributed by atoms with Crippen LogP contribution < -0.4 is 5.32 Å². The number of hydrogen-bond donors (Lipinski definition) is 2. The molecule has 19 heavy (non-hydrogen) atoms. The molecule has 98 valence electrons. The highest BCUT2D eigenvalue weighted by atomic mass is 16.5. The quantitative estimate of drug-likeness (QED) is 0.845. The van der Waals surface area contributed by atoms with E-state index in [-0.39, 0.29) is 6.61 Å². The van der Waals surface area contributed by atoms with E-state index in [9.17, 15) is 9.59 Å². The van der Waals surface area contributed by atoms with Crippen LogP contribution in [0.4, 0.5) is 5.69 Å². The Balaban J connectivity index is 2.05. The molecular weight excluding hydrogens is 248 g/mol. The first-order valence-electron chi connectivity index (χ1n) is 5.59. The maximum Gasteiger partial charge on any atom is 0.329 e. The predicted octanol–water partition coefficient (Wildman–Crippen LogP) is 1.27. The van der Waals surface area contributed by atoms with E-state index in [0.717, 1.165) is 10.8 Å². The standard InChI is InChI=1S/C13H12N2O4/c16-12(7-19-8-13(17)18)15-11-3-1-2-9-4-5-14-6-10(9)11/h1-6H,7-8H2,(H,15,16)(H,17,18). The summed E-state index contributed by atoms with van der Waals surface area (Å²) in [6, 6.07) is 7.31. The van der Waals surface area contributed by atoms with Crippen molar-refractivity contribution >= 4 is 28.3 Å². The van der Waals surface area contributed by atoms with Crippen molar-refractivity contribution in [2.75, 3.05) is 18.5 Å². The van der Waals surface area contributed by atoms with Gasteiger partial charge in [-0.2, -0.15) is 0 Å². The fourth-order valence-electron chi connectivity index (χ4n) is 1.64. The van der Waals surface area contributed by atoms with Gasteiger partial charge < -0.3 is 15.2 Å². The first-order chi connectivity index (χ1) is 9.16. The average Bonchev–Trinajstić information content (AvgIpc) is 2.39. The second-order valence-electron chi connectivity index (χ2n) is 3.84. The molecule has 0 atom stereocenters. The molecule has 1 heterocycles. The molecule has 0 aliphatic heterocycles. The lowest BCUT2D eigenvalue weighted by Gasteiger charge is -2.08. The molecule has 0 aliphatic carbocycles. The topological polar surface area (TPSA) is 88.5 Å². The largest absolute Gasteiger partial charge is 0.480 e. The number of benzene rings is 1. The van der Waals surface area contributed by atoms with Gasteiger partial charge in [0.2, 0.25) is 5.91 Å². The normalized spacial score (nSPS) is 10.3. The molecule has 1 aromatic carbocycles. The molecule has 0 aliphatic rings. The van der Waals surface area contributed by atoms with Crippen LogP contribution in [0.15, 0.2) is 36.7 Å². The zero-order valence-corrected chi connectivity index (χ0v) is 10.00. The summed E-state index contributed by atoms with van der Waals surface area (Å²) in [6.07, 6.45) is 3.33. The number of carboxylic acids is 1. The van der Waals surface area contributed by atoms with Gasteiger partial charge in [0.25, 0.3) is 0 Å². The Bertz CT molecular complexity index is 607. The van der Waals surface area contributed by atoms with Crippen LogP contribution >= 0.6 is 0 Å². The molecular formula is C13H12N2O4. The second-order valence-corrected chi connectivity index (χ2v) is 3.84. The Labute approximate surface area is 109 Å². The fourth-order valence-corrected chi connectivity index (χ4v) is 1.64. The number of pyridine rings is 1. The number of fused-ring (bicyclic) bond motifs is 1. The third-order valence-corrected chi connectivity index (χ3v) is 2.42. The van der Waals surface area contributed by atoms with E-state index in [1.54, 1.807) is 18.5 Å². The minimum atomic E-state index is -1.11. The number of aliphatic carboxylic acids is 1. The van der Waals surface area contributed by atoms with E-state index in [2.05, 4.69) is 10.3 Å². The average molecular weight is 260 g/mol. The van der Waals surface area contributed by atoms with E-state index < -0.39 is 18.5 Å². The van der Waals surface area contributed by atoms with Crippen molar-refractivity contribution in [1.29, 1.82) is 0 Å². The van der Waals surface area contributed by atoms with Crippen LogP contribution in [0.25, 0.3) is 10.8 Å². The lowest BCUT2D eigenvalue weighted by molar-refractivity contribution is -0.143. The Morgan fingerprint density at radius 2 is 2.11 bits per heavy atom. The molecule has 0 spiro atoms. The highest BCUT2D eigenvalue weighted by Crippen LogP contribution is 2.21. The van der Waals surface area contributed by atoms with Gasteiger partial charge in [0, 0.05) is 17.8 Å². The summed E-state index contributed by atoms with van der Waals surface area (Å²) in [7, 11) is 0. The Kier molecular flexibility index (Phi) is 4.04. The van der Waals surface area contributed by atoms with Crippen molar-refractivity contribution in [1.82, 2.24) is 4.98 Å². The van der Waals surface area contributed by atoms with Crippen molar-refractivity contribution in [2.24, 2.45) is 0 Å². The molecule has 0 unspecified atom stereocenters. The molecule has 0 saturated carbocycles. The van der Waals surface area contributed by atoms with Crippen LogP contribution in [0.5, 0.6) is 0 Å². The SMILES string of the molecule is O=C(O)COCC(=O)Nc1cccc2ccncc12. The Hall–Kier alpha value is -2.47. The number of nitrogens with one attached hydrogen (secondary N) is 1. The van der Waals surface area contributed by atoms with E-state index >= 15 is 0 Å². The second kappa shape index (κ2) is 5.92. The van der Waals surface area contributed by atoms with Crippen molar-refractivity contribution in [2.45, 2.75) is 0 Å². The summed E-state index contributed by atoms with van der Waals surface area (Å²) in [5.74, 6) is -1.51. The molecule has 0 radical (unpaired) electrons. The van der Waals surface area contributed by atoms with Crippen molar-refractivity contribution in [3.63, 3.8) is 0 Å². The van der Waals surface area contributed by atoms with Gasteiger partial charge >= 0.3 is 5.97 Å². The predicted molar refractivity (Wildman–Crippen MR) is 68.8 cm³/mol. The maximum atomic E-state index is 11.6. The van der Waals surface area contributed by atoms with E-state index in [0.29, 0.717) is 5.69 Å². The van der Waals surface area contributed by atoms with E-state index in [4.69, 9.17) is 9.84 Å². The highest BCUT2D eigenvalue weighted by molar-refractivity contribution is 6.02. The summed E-state index contributed by atoms with van der Waals surface area (Å²) < 4.78 is 4.71. The van der Waals surface area contributed by atoms with Crippen LogP contribution in [0.2, 0.25) is 0 Å². The van der Waals surface area contributed by atoms with Gasteiger partial charge in [-0.1, -0.05) is 12.1 Å². The number of nitrogens with zero attached hydrogens (tertiary/aromatic N) is 1. The number of carboxylic acid groups (broad SMARTS) is 1. The number of carbonyl (C=O) groups excluding carboxylic acids is 1. The van der Waals surface area contributed by atoms with Crippen molar-refractivity contribution < 1.29 is 19.4 Å². The maximum absolute atomic E-state index is 11.6. The molecule has 2 N–H and O–H groups in total. The van der Waals surface area contributed by atoms with Gasteiger partial charge in [-0.3, -0.25) is 9.78 Å². The van der Waals surface area contributed by atoms with Crippen LogP contribution in [0, 0.1) is 0 Å². The minimum absolute atomic E-state index is 0.303. The third-order valence-electron chi connectivity index (χ3n) is 2.42. The van der Waals surface area contributed by atoms with E-state index in [1.807, 2.05) is 18.2 Å². The van der Waals surface area contributed by atoms with Crippen LogP contribution in [0.3, 0.4) is 0 Å². The summed E-state index contributed by atoms with van der Waals surface area (Å²) in [5, 5.41) is 12.8. The summed E-state index contributed by atoms with van der Waals surface area (Å²) in [6.45, 7) is -0.798. The summed E-state index contributed by atoms with van der Waals surface area (Å²) in [4.78, 5) is 25.8. The van der Waals surface area contributed by atoms with Gasteiger partial charge in [-0.15, -0.1) is 0 Å². The molecule has 2 aromatic rings. The number of hydrogen-bond acceptors (Lipinski definition) is 4. The summed E-state index contributed by atoms with van der Waals surface area (Å²) >= 11 is 0. The van der Waals surface area contributed by atoms with Gasteiger partial charge in [0.15, 0.2) is 0 Å². The van der Waals surface area contributed by atoms with Crippen molar-refractivity contribution in [3.8, 4) is 0 Å². The van der Waals surface area contributed by atoms with Crippen LogP contribution in [-0.4, -0.2) is 35.2 Å². The Morgan fingerprint density at radius 3 is 2.89 bits per heavy atom. The first kappa shape index (κ1) is 13.0. The number of ether oxygens (including phenoxy) is 1. The molecule has 0 fully saturated rings. The molecule has 1 aromatic heterocycles. The summed E-state index contributed by atoms with van der Waals surface area (Å²) in [5.41, 5.74) is 0.620. The number of anilines is 1. The monoisotopic (exact) mass is 260 g/mol. The van der Waals surface area contributed by atoms with Gasteiger partial charge in [0.1, 0.15) is 13.2 Å². The zero-order chi connectivity index (χ0) is 13.7. The van der Waals surface area contributed by atoms with Gasteiger partial charge in [0.05, 0.1) is 5.69 Å². The van der Waals surface area contributed by atoms with Gasteiger partial charge in [-0.25, -0.2) is 4.79 Å². The molecule has 6 nitrogen and oxygen atoms in total. The lowest BCUT2D eigenvalue weighted by Crippen LogP contribution is -2.20. The Morgan fingerprint density at radius 1 is 1.26 bits per heavy atom. The minimum Gasteiger partial charge on any atom is -0.480 e. The zero-order valence-electron chi connectivity index (χ0n) is 10.00. The molecule has 6 heteroatoms. The highest BCUT2D eigenvalue weighted by Gasteiger charge is 2.07. The number of rotatable bonds is 5. The molecule has 0 bridgehead atoms. The van der Waals surface area contributed by atoms with Gasteiger partial charge in [-0.05, 0) is 17.5 Å². The lowest BCUT2D eigenvalue weighted by atomic mass is 10.1. The van der Waals surface area contributed by atoms with Crippen LogP contribution in [-0.2, 0) is 14.3 Å². The first-order valence-corrected chi connectivity index (χ1v) is 5.59.